The fraction of sp³-hybridized carbons (Fsp3) is 0.550. The molecule has 2 aromatic heterocycles. The van der Waals surface area contributed by atoms with E-state index >= 15 is 0 Å². The van der Waals surface area contributed by atoms with Crippen molar-refractivity contribution in [1.29, 1.82) is 0 Å². The Labute approximate surface area is 189 Å². The lowest BCUT2D eigenvalue weighted by molar-refractivity contribution is 0.294. The van der Waals surface area contributed by atoms with Crippen LogP contribution in [-0.2, 0) is 13.0 Å². The summed E-state index contributed by atoms with van der Waals surface area (Å²) in [5, 5.41) is 7.83. The van der Waals surface area contributed by atoms with Crippen LogP contribution in [0.25, 0.3) is 0 Å². The first-order valence-corrected chi connectivity index (χ1v) is 10.5. The van der Waals surface area contributed by atoms with Crippen LogP contribution in [0.5, 0.6) is 5.88 Å². The third-order valence-electron chi connectivity index (χ3n) is 4.04. The molecule has 0 amide bonds. The van der Waals surface area contributed by atoms with Crippen LogP contribution in [-0.4, -0.2) is 35.6 Å². The number of aryl methyl sites for hydroxylation is 2. The summed E-state index contributed by atoms with van der Waals surface area (Å²) >= 11 is 1.76. The number of halogens is 1. The molecule has 8 heteroatoms. The summed E-state index contributed by atoms with van der Waals surface area (Å²) in [5.41, 5.74) is 2.12. The van der Waals surface area contributed by atoms with E-state index in [1.807, 2.05) is 12.1 Å². The molecule has 0 radical (unpaired) electrons. The van der Waals surface area contributed by atoms with Crippen molar-refractivity contribution in [1.82, 2.24) is 20.6 Å². The standard InChI is InChI=1S/C20H31N5OS.HI/c1-5-7-13-26-19-17(9-8-11-22-19)14-24-20(21-6-2)23-12-10-18-25-15(3)16(4)27-18;/h8-9,11H,5-7,10,12-14H2,1-4H3,(H2,21,23,24);1H. The van der Waals surface area contributed by atoms with Crippen molar-refractivity contribution in [2.45, 2.75) is 53.5 Å². The quantitative estimate of drug-likeness (QED) is 0.214. The zero-order valence-corrected chi connectivity index (χ0v) is 20.4. The molecule has 2 N–H and O–H groups in total. The van der Waals surface area contributed by atoms with Crippen molar-refractivity contribution in [3.63, 3.8) is 0 Å². The Balaban J connectivity index is 0.00000392. The third kappa shape index (κ3) is 8.30. The van der Waals surface area contributed by atoms with Crippen molar-refractivity contribution in [2.24, 2.45) is 4.99 Å². The van der Waals surface area contributed by atoms with E-state index in [1.54, 1.807) is 17.5 Å². The van der Waals surface area contributed by atoms with E-state index in [9.17, 15) is 0 Å². The molecule has 0 aliphatic heterocycles. The van der Waals surface area contributed by atoms with Gasteiger partial charge in [-0.1, -0.05) is 19.4 Å². The minimum absolute atomic E-state index is 0. The van der Waals surface area contributed by atoms with Crippen molar-refractivity contribution >= 4 is 41.3 Å². The van der Waals surface area contributed by atoms with Gasteiger partial charge >= 0.3 is 0 Å². The molecule has 2 heterocycles. The molecule has 0 unspecified atom stereocenters. The number of aliphatic imine (C=N–C) groups is 1. The molecule has 0 aliphatic rings. The summed E-state index contributed by atoms with van der Waals surface area (Å²) < 4.78 is 5.79. The van der Waals surface area contributed by atoms with Crippen LogP contribution >= 0.6 is 35.3 Å². The number of rotatable bonds is 10. The first-order chi connectivity index (χ1) is 13.1. The van der Waals surface area contributed by atoms with E-state index in [1.165, 1.54) is 4.88 Å². The Hall–Kier alpha value is -1.42. The van der Waals surface area contributed by atoms with Crippen LogP contribution < -0.4 is 15.4 Å². The van der Waals surface area contributed by atoms with Gasteiger partial charge in [0, 0.05) is 36.1 Å². The Bertz CT molecular complexity index is 716. The average molecular weight is 517 g/mol. The molecule has 156 valence electrons. The van der Waals surface area contributed by atoms with Crippen LogP contribution in [0.3, 0.4) is 0 Å². The Morgan fingerprint density at radius 1 is 1.25 bits per heavy atom. The van der Waals surface area contributed by atoms with Gasteiger partial charge in [-0.25, -0.2) is 15.0 Å². The van der Waals surface area contributed by atoms with Gasteiger partial charge in [0.2, 0.25) is 5.88 Å². The summed E-state index contributed by atoms with van der Waals surface area (Å²) in [5.74, 6) is 1.48. The first kappa shape index (κ1) is 24.6. The molecule has 2 aromatic rings. The van der Waals surface area contributed by atoms with Crippen LogP contribution in [0.1, 0.15) is 47.8 Å². The second-order valence-corrected chi connectivity index (χ2v) is 7.58. The van der Waals surface area contributed by atoms with Crippen LogP contribution in [0.15, 0.2) is 23.3 Å². The Morgan fingerprint density at radius 3 is 2.75 bits per heavy atom. The fourth-order valence-electron chi connectivity index (χ4n) is 2.43. The van der Waals surface area contributed by atoms with Crippen molar-refractivity contribution in [3.8, 4) is 5.88 Å². The maximum absolute atomic E-state index is 5.79. The Kier molecular flexibility index (Phi) is 12.1. The van der Waals surface area contributed by atoms with E-state index in [0.717, 1.165) is 54.6 Å². The van der Waals surface area contributed by atoms with Gasteiger partial charge in [-0.3, -0.25) is 0 Å². The largest absolute Gasteiger partial charge is 0.477 e. The van der Waals surface area contributed by atoms with Gasteiger partial charge in [-0.05, 0) is 33.3 Å². The van der Waals surface area contributed by atoms with Crippen LogP contribution in [0, 0.1) is 13.8 Å². The lowest BCUT2D eigenvalue weighted by atomic mass is 10.2. The molecule has 2 rings (SSSR count). The molecule has 0 atom stereocenters. The molecule has 0 spiro atoms. The predicted octanol–water partition coefficient (Wildman–Crippen LogP) is 4.25. The van der Waals surface area contributed by atoms with Gasteiger partial charge in [-0.15, -0.1) is 35.3 Å². The molecule has 0 aromatic carbocycles. The predicted molar refractivity (Wildman–Crippen MR) is 128 cm³/mol. The normalized spacial score (nSPS) is 11.1. The topological polar surface area (TPSA) is 71.4 Å². The van der Waals surface area contributed by atoms with Crippen LogP contribution in [0.2, 0.25) is 0 Å². The number of thiazole rings is 1. The number of ether oxygens (including phenoxy) is 1. The number of pyridine rings is 1. The minimum atomic E-state index is 0. The molecule has 0 bridgehead atoms. The van der Waals surface area contributed by atoms with Gasteiger partial charge < -0.3 is 15.4 Å². The second kappa shape index (κ2) is 13.7. The molecule has 28 heavy (non-hydrogen) atoms. The van der Waals surface area contributed by atoms with Crippen LogP contribution in [0.4, 0.5) is 0 Å². The van der Waals surface area contributed by atoms with E-state index in [0.29, 0.717) is 19.0 Å². The number of guanidine groups is 1. The SMILES string of the molecule is CCCCOc1ncccc1CN=C(NCC)NCCc1nc(C)c(C)s1.I. The number of nitrogens with zero attached hydrogens (tertiary/aromatic N) is 3. The maximum atomic E-state index is 5.79. The third-order valence-corrected chi connectivity index (χ3v) is 5.18. The summed E-state index contributed by atoms with van der Waals surface area (Å²) in [7, 11) is 0. The van der Waals surface area contributed by atoms with E-state index in [2.05, 4.69) is 53.3 Å². The number of hydrogen-bond acceptors (Lipinski definition) is 5. The summed E-state index contributed by atoms with van der Waals surface area (Å²) in [6.45, 7) is 11.2. The molecular formula is C20H32IN5OS. The fourth-order valence-corrected chi connectivity index (χ4v) is 3.36. The minimum Gasteiger partial charge on any atom is -0.477 e. The highest BCUT2D eigenvalue weighted by molar-refractivity contribution is 14.0. The van der Waals surface area contributed by atoms with Gasteiger partial charge in [0.05, 0.1) is 23.9 Å². The average Bonchev–Trinajstić information content (AvgIpc) is 2.98. The highest BCUT2D eigenvalue weighted by Crippen LogP contribution is 2.17. The number of unbranched alkanes of at least 4 members (excludes halogenated alkanes) is 1. The number of aromatic nitrogens is 2. The molecule has 0 fully saturated rings. The molecular weight excluding hydrogens is 485 g/mol. The van der Waals surface area contributed by atoms with Gasteiger partial charge in [0.1, 0.15) is 0 Å². The highest BCUT2D eigenvalue weighted by Gasteiger charge is 2.06. The zero-order valence-electron chi connectivity index (χ0n) is 17.2. The van der Waals surface area contributed by atoms with Crippen molar-refractivity contribution in [2.75, 3.05) is 19.7 Å². The zero-order chi connectivity index (χ0) is 19.5. The van der Waals surface area contributed by atoms with E-state index < -0.39 is 0 Å². The van der Waals surface area contributed by atoms with Gasteiger partial charge in [-0.2, -0.15) is 0 Å². The first-order valence-electron chi connectivity index (χ1n) is 9.65. The van der Waals surface area contributed by atoms with Crippen molar-refractivity contribution in [3.05, 3.63) is 39.5 Å². The molecule has 0 aliphatic carbocycles. The number of hydrogen-bond donors (Lipinski definition) is 2. The molecule has 0 saturated carbocycles. The second-order valence-electron chi connectivity index (χ2n) is 6.29. The monoisotopic (exact) mass is 517 g/mol. The molecule has 6 nitrogen and oxygen atoms in total. The van der Waals surface area contributed by atoms with Gasteiger partial charge in [0.15, 0.2) is 5.96 Å². The summed E-state index contributed by atoms with van der Waals surface area (Å²) in [4.78, 5) is 14.9. The molecule has 0 saturated heterocycles. The van der Waals surface area contributed by atoms with E-state index in [-0.39, 0.29) is 24.0 Å². The summed E-state index contributed by atoms with van der Waals surface area (Å²) in [6, 6.07) is 3.94. The lowest BCUT2D eigenvalue weighted by Crippen LogP contribution is -2.38. The number of nitrogens with one attached hydrogen (secondary N) is 2. The van der Waals surface area contributed by atoms with Crippen molar-refractivity contribution < 1.29 is 4.74 Å². The Morgan fingerprint density at radius 2 is 2.07 bits per heavy atom. The smallest absolute Gasteiger partial charge is 0.218 e. The lowest BCUT2D eigenvalue weighted by Gasteiger charge is -2.12. The van der Waals surface area contributed by atoms with Gasteiger partial charge in [0.25, 0.3) is 0 Å². The van der Waals surface area contributed by atoms with E-state index in [4.69, 9.17) is 4.74 Å². The summed E-state index contributed by atoms with van der Waals surface area (Å²) in [6.07, 6.45) is 4.78. The highest BCUT2D eigenvalue weighted by atomic mass is 127. The maximum Gasteiger partial charge on any atom is 0.218 e.